The topological polar surface area (TPSA) is 54.8 Å². The molecule has 32 heavy (non-hydrogen) atoms. The molecule has 1 aromatic heterocycles. The van der Waals surface area contributed by atoms with Crippen LogP contribution in [0.5, 0.6) is 0 Å². The van der Waals surface area contributed by atoms with Crippen molar-refractivity contribution in [2.75, 3.05) is 10.6 Å². The van der Waals surface area contributed by atoms with Gasteiger partial charge in [-0.15, -0.1) is 0 Å². The van der Waals surface area contributed by atoms with Crippen molar-refractivity contribution in [2.45, 2.75) is 0 Å². The van der Waals surface area contributed by atoms with Crippen LogP contribution >= 0.6 is 59.2 Å². The predicted molar refractivity (Wildman–Crippen MR) is 139 cm³/mol. The minimum atomic E-state index is 0.287. The third-order valence-electron chi connectivity index (χ3n) is 4.35. The van der Waals surface area contributed by atoms with Crippen LogP contribution in [0.4, 0.5) is 11.6 Å². The van der Waals surface area contributed by atoms with Gasteiger partial charge in [0.1, 0.15) is 0 Å². The highest BCUT2D eigenvalue weighted by Gasteiger charge is 2.14. The van der Waals surface area contributed by atoms with E-state index >= 15 is 0 Å². The van der Waals surface area contributed by atoms with Gasteiger partial charge in [0, 0.05) is 15.6 Å². The van der Waals surface area contributed by atoms with Crippen LogP contribution in [0.1, 0.15) is 0 Å². The smallest absolute Gasteiger partial charge is 0.218 e. The quantitative estimate of drug-likeness (QED) is 0.274. The number of para-hydroxylation sites is 1. The van der Waals surface area contributed by atoms with Crippen molar-refractivity contribution in [1.29, 1.82) is 0 Å². The monoisotopic (exact) mass is 517 g/mol. The van der Waals surface area contributed by atoms with E-state index in [0.717, 1.165) is 11.3 Å². The maximum atomic E-state index is 6.24. The van der Waals surface area contributed by atoms with Crippen molar-refractivity contribution in [2.24, 2.45) is 0 Å². The lowest BCUT2D eigenvalue weighted by Gasteiger charge is -2.17. The number of nitrogens with one attached hydrogen (secondary N) is 2. The number of hydrogen-bond acceptors (Lipinski definition) is 4. The Balaban J connectivity index is 1.76. The Morgan fingerprint density at radius 2 is 1.41 bits per heavy atom. The third kappa shape index (κ3) is 5.26. The molecule has 10 heteroatoms. The lowest BCUT2D eigenvalue weighted by atomic mass is 10.2. The van der Waals surface area contributed by atoms with Crippen molar-refractivity contribution in [3.63, 3.8) is 0 Å². The van der Waals surface area contributed by atoms with Gasteiger partial charge in [0.2, 0.25) is 10.7 Å². The molecule has 1 heterocycles. The van der Waals surface area contributed by atoms with Crippen molar-refractivity contribution < 1.29 is 0 Å². The van der Waals surface area contributed by atoms with Gasteiger partial charge in [-0.05, 0) is 85.1 Å². The van der Waals surface area contributed by atoms with Crippen LogP contribution in [0.25, 0.3) is 17.1 Å². The summed E-state index contributed by atoms with van der Waals surface area (Å²) in [5.74, 6) is 0.807. The van der Waals surface area contributed by atoms with E-state index < -0.39 is 0 Å². The summed E-state index contributed by atoms with van der Waals surface area (Å²) in [6.07, 6.45) is 0. The van der Waals surface area contributed by atoms with E-state index in [1.54, 1.807) is 34.9 Å². The Morgan fingerprint density at radius 3 is 2.06 bits per heavy atom. The summed E-state index contributed by atoms with van der Waals surface area (Å²) in [6, 6.07) is 21.6. The summed E-state index contributed by atoms with van der Waals surface area (Å²) < 4.78 is 1.96. The van der Waals surface area contributed by atoms with Crippen LogP contribution in [0.3, 0.4) is 0 Å². The molecule has 0 aliphatic carbocycles. The molecule has 2 N–H and O–H groups in total. The molecule has 0 amide bonds. The fourth-order valence-electron chi connectivity index (χ4n) is 2.86. The second-order valence-corrected chi connectivity index (χ2v) is 8.58. The zero-order chi connectivity index (χ0) is 22.7. The maximum Gasteiger partial charge on any atom is 0.218 e. The molecule has 0 fully saturated rings. The molecule has 0 aliphatic heterocycles. The zero-order valence-corrected chi connectivity index (χ0v) is 20.1. The molecule has 0 unspecified atom stereocenters. The number of halogens is 3. The van der Waals surface area contributed by atoms with Crippen molar-refractivity contribution in [1.82, 2.24) is 14.5 Å². The van der Waals surface area contributed by atoms with Crippen molar-refractivity contribution in [3.8, 4) is 17.1 Å². The van der Waals surface area contributed by atoms with E-state index in [4.69, 9.17) is 59.2 Å². The standard InChI is InChI=1S/C22H14Cl3N5S2/c23-14-7-5-13(6-8-14)19-27-20(29-21(31)26-18-4-2-1-3-17(18)25)30(22(32)28-19)16-11-9-15(24)10-12-16/h1-12H,(H2,26,27,28,29,31,32). The lowest BCUT2D eigenvalue weighted by molar-refractivity contribution is 0.915. The highest BCUT2D eigenvalue weighted by atomic mass is 35.5. The minimum Gasteiger partial charge on any atom is -0.331 e. The zero-order valence-electron chi connectivity index (χ0n) is 16.2. The predicted octanol–water partition coefficient (Wildman–Crippen LogP) is 7.43. The SMILES string of the molecule is S=C(Nc1ccccc1Cl)Nc1nc(-c2ccc(Cl)cc2)nc(=S)n1-c1ccc(Cl)cc1. The molecular formula is C22H14Cl3N5S2. The van der Waals surface area contributed by atoms with E-state index in [1.807, 2.05) is 42.5 Å². The van der Waals surface area contributed by atoms with E-state index in [1.165, 1.54) is 0 Å². The fraction of sp³-hybridized carbons (Fsp3) is 0. The van der Waals surface area contributed by atoms with Gasteiger partial charge in [-0.25, -0.2) is 0 Å². The van der Waals surface area contributed by atoms with Crippen LogP contribution in [-0.4, -0.2) is 19.6 Å². The lowest BCUT2D eigenvalue weighted by Crippen LogP contribution is -2.23. The van der Waals surface area contributed by atoms with Crippen LogP contribution in [0, 0.1) is 4.77 Å². The first-order valence-corrected chi connectivity index (χ1v) is 11.2. The normalized spacial score (nSPS) is 10.6. The molecule has 5 nitrogen and oxygen atoms in total. The second-order valence-electron chi connectivity index (χ2n) is 6.53. The summed E-state index contributed by atoms with van der Waals surface area (Å²) in [7, 11) is 0. The average molecular weight is 519 g/mol. The molecular weight excluding hydrogens is 505 g/mol. The summed E-state index contributed by atoms with van der Waals surface area (Å²) in [5, 5.41) is 8.23. The first-order chi connectivity index (χ1) is 15.4. The molecule has 160 valence electrons. The molecule has 0 aliphatic rings. The van der Waals surface area contributed by atoms with Gasteiger partial charge in [0.15, 0.2) is 10.9 Å². The van der Waals surface area contributed by atoms with E-state index in [0.29, 0.717) is 32.5 Å². The van der Waals surface area contributed by atoms with E-state index in [-0.39, 0.29) is 9.88 Å². The molecule has 0 atom stereocenters. The third-order valence-corrected chi connectivity index (χ3v) is 5.66. The highest BCUT2D eigenvalue weighted by Crippen LogP contribution is 2.24. The molecule has 0 saturated heterocycles. The van der Waals surface area contributed by atoms with Crippen LogP contribution in [-0.2, 0) is 0 Å². The van der Waals surface area contributed by atoms with Gasteiger partial charge in [-0.3, -0.25) is 4.57 Å². The van der Waals surface area contributed by atoms with Crippen LogP contribution in [0.15, 0.2) is 72.8 Å². The van der Waals surface area contributed by atoms with E-state index in [9.17, 15) is 0 Å². The summed E-state index contributed by atoms with van der Waals surface area (Å²) in [5.41, 5.74) is 2.15. The number of nitrogens with zero attached hydrogens (tertiary/aromatic N) is 3. The number of aromatic nitrogens is 3. The number of rotatable bonds is 4. The number of benzene rings is 3. The van der Waals surface area contributed by atoms with Crippen molar-refractivity contribution in [3.05, 3.63) is 92.6 Å². The summed E-state index contributed by atoms with van der Waals surface area (Å²) in [6.45, 7) is 0. The summed E-state index contributed by atoms with van der Waals surface area (Å²) >= 11 is 29.4. The largest absolute Gasteiger partial charge is 0.331 e. The molecule has 4 rings (SSSR count). The first kappa shape index (κ1) is 22.6. The van der Waals surface area contributed by atoms with Gasteiger partial charge in [0.25, 0.3) is 0 Å². The first-order valence-electron chi connectivity index (χ1n) is 9.26. The summed E-state index contributed by atoms with van der Waals surface area (Å²) in [4.78, 5) is 9.18. The average Bonchev–Trinajstić information content (AvgIpc) is 2.76. The Kier molecular flexibility index (Phi) is 7.03. The Hall–Kier alpha value is -2.55. The maximum absolute atomic E-state index is 6.24. The van der Waals surface area contributed by atoms with Gasteiger partial charge < -0.3 is 10.6 Å². The number of anilines is 2. The molecule has 3 aromatic carbocycles. The van der Waals surface area contributed by atoms with Crippen LogP contribution in [0.2, 0.25) is 15.1 Å². The Morgan fingerprint density at radius 1 is 0.781 bits per heavy atom. The minimum absolute atomic E-state index is 0.287. The van der Waals surface area contributed by atoms with Gasteiger partial charge in [-0.2, -0.15) is 9.97 Å². The molecule has 0 saturated carbocycles. The fourth-order valence-corrected chi connectivity index (χ4v) is 3.77. The molecule has 0 bridgehead atoms. The molecule has 0 radical (unpaired) electrons. The number of hydrogen-bond donors (Lipinski definition) is 2. The van der Waals surface area contributed by atoms with Gasteiger partial charge in [0.05, 0.1) is 16.4 Å². The molecule has 4 aromatic rings. The van der Waals surface area contributed by atoms with Crippen LogP contribution < -0.4 is 10.6 Å². The highest BCUT2D eigenvalue weighted by molar-refractivity contribution is 7.80. The Labute approximate surface area is 210 Å². The van der Waals surface area contributed by atoms with Crippen molar-refractivity contribution >= 4 is 76.0 Å². The Bertz CT molecular complexity index is 1340. The number of thiocarbonyl (C=S) groups is 1. The second kappa shape index (κ2) is 9.94. The molecule has 0 spiro atoms. The van der Waals surface area contributed by atoms with E-state index in [2.05, 4.69) is 20.6 Å². The van der Waals surface area contributed by atoms with Gasteiger partial charge in [-0.1, -0.05) is 46.9 Å². The van der Waals surface area contributed by atoms with Gasteiger partial charge >= 0.3 is 0 Å².